The number of methoxy groups -OCH3 is 1. The molecule has 0 aliphatic carbocycles. The number of halogens is 1. The number of aromatic nitrogens is 5. The zero-order chi connectivity index (χ0) is 21.8. The first kappa shape index (κ1) is 20.7. The van der Waals surface area contributed by atoms with Crippen LogP contribution in [0.1, 0.15) is 33.6 Å². The van der Waals surface area contributed by atoms with E-state index in [9.17, 15) is 9.59 Å². The average molecular weight is 442 g/mol. The standard InChI is InChI=1S/C20H20ClN7O3/c1-31-18-10-17(28-12-23-25-26-28)16(21)9-15(18)20(30)27-7-4-14(5-8-27)24-19(29)13-3-2-6-22-11-13/h2-3,6,9-12,14H,4-5,7-8H2,1H3,(H,24,29). The van der Waals surface area contributed by atoms with E-state index in [4.69, 9.17) is 16.3 Å². The molecule has 1 fully saturated rings. The molecule has 1 saturated heterocycles. The highest BCUT2D eigenvalue weighted by Gasteiger charge is 2.27. The van der Waals surface area contributed by atoms with E-state index in [2.05, 4.69) is 25.8 Å². The van der Waals surface area contributed by atoms with Crippen LogP contribution in [0.4, 0.5) is 0 Å². The van der Waals surface area contributed by atoms with E-state index < -0.39 is 0 Å². The highest BCUT2D eigenvalue weighted by atomic mass is 35.5. The van der Waals surface area contributed by atoms with Gasteiger partial charge in [0.25, 0.3) is 11.8 Å². The van der Waals surface area contributed by atoms with Gasteiger partial charge in [-0.1, -0.05) is 11.6 Å². The lowest BCUT2D eigenvalue weighted by Gasteiger charge is -2.32. The number of ether oxygens (including phenoxy) is 1. The van der Waals surface area contributed by atoms with Crippen LogP contribution in [0.25, 0.3) is 5.69 Å². The summed E-state index contributed by atoms with van der Waals surface area (Å²) >= 11 is 6.38. The van der Waals surface area contributed by atoms with E-state index in [0.717, 1.165) is 0 Å². The molecule has 1 aliphatic rings. The Morgan fingerprint density at radius 2 is 2.06 bits per heavy atom. The van der Waals surface area contributed by atoms with Gasteiger partial charge in [0.1, 0.15) is 12.1 Å². The molecule has 31 heavy (non-hydrogen) atoms. The summed E-state index contributed by atoms with van der Waals surface area (Å²) in [7, 11) is 1.49. The van der Waals surface area contributed by atoms with Crippen molar-refractivity contribution in [3.8, 4) is 11.4 Å². The van der Waals surface area contributed by atoms with Crippen LogP contribution in [0.2, 0.25) is 5.02 Å². The van der Waals surface area contributed by atoms with Crippen molar-refractivity contribution in [1.82, 2.24) is 35.4 Å². The number of nitrogens with one attached hydrogen (secondary N) is 1. The summed E-state index contributed by atoms with van der Waals surface area (Å²) in [6, 6.07) is 6.63. The van der Waals surface area contributed by atoms with Gasteiger partial charge in [-0.3, -0.25) is 14.6 Å². The monoisotopic (exact) mass is 441 g/mol. The topological polar surface area (TPSA) is 115 Å². The van der Waals surface area contributed by atoms with Gasteiger partial charge in [-0.15, -0.1) is 5.10 Å². The van der Waals surface area contributed by atoms with Crippen molar-refractivity contribution in [2.45, 2.75) is 18.9 Å². The Hall–Kier alpha value is -3.53. The summed E-state index contributed by atoms with van der Waals surface area (Å²) in [4.78, 5) is 31.1. The van der Waals surface area contributed by atoms with Gasteiger partial charge in [0.05, 0.1) is 28.9 Å². The minimum Gasteiger partial charge on any atom is -0.496 e. The molecule has 1 N–H and O–H groups in total. The van der Waals surface area contributed by atoms with Crippen LogP contribution in [-0.2, 0) is 0 Å². The molecule has 3 heterocycles. The van der Waals surface area contributed by atoms with Gasteiger partial charge in [-0.25, -0.2) is 0 Å². The third kappa shape index (κ3) is 4.48. The van der Waals surface area contributed by atoms with Crippen molar-refractivity contribution in [1.29, 1.82) is 0 Å². The van der Waals surface area contributed by atoms with Crippen molar-refractivity contribution in [2.24, 2.45) is 0 Å². The lowest BCUT2D eigenvalue weighted by atomic mass is 10.0. The number of likely N-dealkylation sites (tertiary alicyclic amines) is 1. The van der Waals surface area contributed by atoms with E-state index >= 15 is 0 Å². The maximum Gasteiger partial charge on any atom is 0.257 e. The number of carbonyl (C=O) groups is 2. The first-order valence-corrected chi connectivity index (χ1v) is 10.1. The normalized spacial score (nSPS) is 14.3. The molecule has 2 amide bonds. The molecule has 0 atom stereocenters. The van der Waals surface area contributed by atoms with Crippen LogP contribution in [0, 0.1) is 0 Å². The van der Waals surface area contributed by atoms with E-state index in [0.29, 0.717) is 53.5 Å². The number of amides is 2. The fraction of sp³-hybridized carbons (Fsp3) is 0.300. The number of hydrogen-bond donors (Lipinski definition) is 1. The van der Waals surface area contributed by atoms with Gasteiger partial charge < -0.3 is 15.0 Å². The minimum absolute atomic E-state index is 0.00979. The summed E-state index contributed by atoms with van der Waals surface area (Å²) < 4.78 is 6.82. The van der Waals surface area contributed by atoms with Gasteiger partial charge in [-0.05, 0) is 41.5 Å². The van der Waals surface area contributed by atoms with Crippen LogP contribution in [0.3, 0.4) is 0 Å². The fourth-order valence-corrected chi connectivity index (χ4v) is 3.74. The van der Waals surface area contributed by atoms with Crippen molar-refractivity contribution in [2.75, 3.05) is 20.2 Å². The molecule has 0 radical (unpaired) electrons. The van der Waals surface area contributed by atoms with Crippen LogP contribution in [-0.4, -0.2) is 68.1 Å². The van der Waals surface area contributed by atoms with Crippen molar-refractivity contribution < 1.29 is 14.3 Å². The first-order chi connectivity index (χ1) is 15.1. The number of tetrazole rings is 1. The van der Waals surface area contributed by atoms with E-state index in [1.807, 2.05) is 0 Å². The Labute approximate surface area is 183 Å². The number of piperidine rings is 1. The maximum absolute atomic E-state index is 13.1. The Bertz CT molecular complexity index is 1070. The summed E-state index contributed by atoms with van der Waals surface area (Å²) in [6.45, 7) is 1.01. The molecular weight excluding hydrogens is 422 g/mol. The predicted molar refractivity (Wildman–Crippen MR) is 111 cm³/mol. The molecule has 4 rings (SSSR count). The number of benzene rings is 1. The van der Waals surface area contributed by atoms with Crippen LogP contribution in [0.15, 0.2) is 43.0 Å². The van der Waals surface area contributed by atoms with Gasteiger partial charge in [0.2, 0.25) is 0 Å². The number of hydrogen-bond acceptors (Lipinski definition) is 7. The van der Waals surface area contributed by atoms with Gasteiger partial charge in [0.15, 0.2) is 0 Å². The predicted octanol–water partition coefficient (Wildman–Crippen LogP) is 1.75. The van der Waals surface area contributed by atoms with Gasteiger partial charge in [-0.2, -0.15) is 4.68 Å². The second kappa shape index (κ2) is 9.09. The molecule has 3 aromatic rings. The van der Waals surface area contributed by atoms with Crippen LogP contribution < -0.4 is 10.1 Å². The number of carbonyl (C=O) groups excluding carboxylic acids is 2. The minimum atomic E-state index is -0.181. The molecule has 0 bridgehead atoms. The Balaban J connectivity index is 1.43. The highest BCUT2D eigenvalue weighted by Crippen LogP contribution is 2.30. The molecule has 2 aromatic heterocycles. The molecule has 1 aliphatic heterocycles. The van der Waals surface area contributed by atoms with E-state index in [1.54, 1.807) is 35.4 Å². The Kier molecular flexibility index (Phi) is 6.08. The second-order valence-corrected chi connectivity index (χ2v) is 7.45. The Morgan fingerprint density at radius 3 is 2.71 bits per heavy atom. The molecule has 11 heteroatoms. The third-order valence-electron chi connectivity index (χ3n) is 5.14. The summed E-state index contributed by atoms with van der Waals surface area (Å²) in [5.41, 5.74) is 1.39. The van der Waals surface area contributed by atoms with Crippen LogP contribution in [0.5, 0.6) is 5.75 Å². The number of rotatable bonds is 5. The molecule has 0 spiro atoms. The van der Waals surface area contributed by atoms with Crippen molar-refractivity contribution in [3.63, 3.8) is 0 Å². The lowest BCUT2D eigenvalue weighted by molar-refractivity contribution is 0.0695. The van der Waals surface area contributed by atoms with E-state index in [1.165, 1.54) is 24.3 Å². The molecule has 0 saturated carbocycles. The quantitative estimate of drug-likeness (QED) is 0.641. The smallest absolute Gasteiger partial charge is 0.257 e. The maximum atomic E-state index is 13.1. The molecule has 0 unspecified atom stereocenters. The van der Waals surface area contributed by atoms with Gasteiger partial charge >= 0.3 is 0 Å². The SMILES string of the molecule is COc1cc(-n2cnnn2)c(Cl)cc1C(=O)N1CCC(NC(=O)c2cccnc2)CC1. The zero-order valence-electron chi connectivity index (χ0n) is 16.7. The summed E-state index contributed by atoms with van der Waals surface area (Å²) in [6.07, 6.45) is 5.86. The first-order valence-electron chi connectivity index (χ1n) is 9.68. The highest BCUT2D eigenvalue weighted by molar-refractivity contribution is 6.33. The third-order valence-corrected chi connectivity index (χ3v) is 5.44. The van der Waals surface area contributed by atoms with Crippen LogP contribution >= 0.6 is 11.6 Å². The van der Waals surface area contributed by atoms with Crippen molar-refractivity contribution >= 4 is 23.4 Å². The largest absolute Gasteiger partial charge is 0.496 e. The molecular formula is C20H20ClN7O3. The summed E-state index contributed by atoms with van der Waals surface area (Å²) in [5.74, 6) is 0.0375. The Morgan fingerprint density at radius 1 is 1.26 bits per heavy atom. The van der Waals surface area contributed by atoms with Gasteiger partial charge in [0, 0.05) is 37.6 Å². The number of pyridine rings is 1. The molecule has 10 nitrogen and oxygen atoms in total. The molecule has 160 valence electrons. The lowest BCUT2D eigenvalue weighted by Crippen LogP contribution is -2.46. The molecule has 1 aromatic carbocycles. The van der Waals surface area contributed by atoms with Crippen molar-refractivity contribution in [3.05, 3.63) is 59.1 Å². The summed E-state index contributed by atoms with van der Waals surface area (Å²) in [5, 5.41) is 14.4. The second-order valence-electron chi connectivity index (χ2n) is 7.04. The van der Waals surface area contributed by atoms with E-state index in [-0.39, 0.29) is 17.9 Å². The number of nitrogens with zero attached hydrogens (tertiary/aromatic N) is 6. The zero-order valence-corrected chi connectivity index (χ0v) is 17.5. The fourth-order valence-electron chi connectivity index (χ4n) is 3.49. The average Bonchev–Trinajstić information content (AvgIpc) is 3.34.